The van der Waals surface area contributed by atoms with E-state index in [1.54, 1.807) is 28.8 Å². The molecule has 0 saturated heterocycles. The Labute approximate surface area is 182 Å². The van der Waals surface area contributed by atoms with Gasteiger partial charge < -0.3 is 5.32 Å². The average Bonchev–Trinajstić information content (AvgIpc) is 3.16. The van der Waals surface area contributed by atoms with Gasteiger partial charge in [-0.05, 0) is 49.2 Å². The third-order valence-corrected chi connectivity index (χ3v) is 5.59. The number of fused-ring (bicyclic) bond motifs is 1. The van der Waals surface area contributed by atoms with Crippen molar-refractivity contribution in [3.63, 3.8) is 0 Å². The molecule has 0 aliphatic rings. The first-order valence-corrected chi connectivity index (χ1v) is 10.0. The molecule has 5 nitrogen and oxygen atoms in total. The van der Waals surface area contributed by atoms with Crippen LogP contribution >= 0.6 is 11.6 Å². The smallest absolute Gasteiger partial charge is 0.257 e. The Balaban J connectivity index is 1.63. The summed E-state index contributed by atoms with van der Waals surface area (Å²) in [7, 11) is 0. The zero-order valence-corrected chi connectivity index (χ0v) is 17.7. The highest BCUT2D eigenvalue weighted by Crippen LogP contribution is 2.26. The highest BCUT2D eigenvalue weighted by Gasteiger charge is 2.19. The van der Waals surface area contributed by atoms with E-state index in [-0.39, 0.29) is 30.5 Å². The first kappa shape index (κ1) is 20.9. The van der Waals surface area contributed by atoms with E-state index in [1.807, 2.05) is 13.8 Å². The standard InChI is InChI=1S/C23H19ClF2N4O/c1-13-17(10-18-20(24)4-3-5-21(18)26)14(2)30-22(29-13)19(12-28-30)23(31)27-11-15-6-8-16(25)9-7-15/h3-9,12H,10-11H2,1-2H3,(H,27,31). The number of nitrogens with one attached hydrogen (secondary N) is 1. The fourth-order valence-corrected chi connectivity index (χ4v) is 3.71. The lowest BCUT2D eigenvalue weighted by molar-refractivity contribution is 0.0952. The van der Waals surface area contributed by atoms with Gasteiger partial charge in [-0.25, -0.2) is 18.3 Å². The largest absolute Gasteiger partial charge is 0.348 e. The molecule has 0 bridgehead atoms. The molecular weight excluding hydrogens is 422 g/mol. The zero-order valence-electron chi connectivity index (χ0n) is 16.9. The summed E-state index contributed by atoms with van der Waals surface area (Å²) >= 11 is 6.19. The minimum absolute atomic E-state index is 0.248. The number of nitrogens with zero attached hydrogens (tertiary/aromatic N) is 3. The van der Waals surface area contributed by atoms with Gasteiger partial charge in [-0.15, -0.1) is 0 Å². The molecule has 2 aromatic heterocycles. The molecule has 8 heteroatoms. The number of carbonyl (C=O) groups is 1. The van der Waals surface area contributed by atoms with Crippen LogP contribution < -0.4 is 5.32 Å². The van der Waals surface area contributed by atoms with Gasteiger partial charge in [0.15, 0.2) is 5.65 Å². The summed E-state index contributed by atoms with van der Waals surface area (Å²) in [4.78, 5) is 17.3. The van der Waals surface area contributed by atoms with Crippen LogP contribution in [0.1, 0.15) is 38.4 Å². The Morgan fingerprint density at radius 3 is 2.55 bits per heavy atom. The van der Waals surface area contributed by atoms with Crippen molar-refractivity contribution in [2.24, 2.45) is 0 Å². The molecule has 0 aliphatic heterocycles. The number of carbonyl (C=O) groups excluding carboxylic acids is 1. The van der Waals surface area contributed by atoms with Gasteiger partial charge in [-0.1, -0.05) is 29.8 Å². The first-order chi connectivity index (χ1) is 14.8. The second kappa shape index (κ2) is 8.43. The van der Waals surface area contributed by atoms with Crippen molar-refractivity contribution in [3.8, 4) is 0 Å². The topological polar surface area (TPSA) is 59.3 Å². The molecule has 2 aromatic carbocycles. The van der Waals surface area contributed by atoms with Gasteiger partial charge in [0.25, 0.3) is 5.91 Å². The van der Waals surface area contributed by atoms with Gasteiger partial charge in [0.05, 0.1) is 6.20 Å². The third kappa shape index (κ3) is 4.14. The minimum atomic E-state index is -0.382. The molecule has 0 unspecified atom stereocenters. The second-order valence-electron chi connectivity index (χ2n) is 7.24. The van der Waals surface area contributed by atoms with Gasteiger partial charge in [-0.3, -0.25) is 4.79 Å². The van der Waals surface area contributed by atoms with E-state index < -0.39 is 0 Å². The van der Waals surface area contributed by atoms with E-state index >= 15 is 0 Å². The molecule has 1 amide bonds. The first-order valence-electron chi connectivity index (χ1n) is 9.64. The predicted octanol–water partition coefficient (Wildman–Crippen LogP) is 4.80. The van der Waals surface area contributed by atoms with Gasteiger partial charge in [-0.2, -0.15) is 5.10 Å². The van der Waals surface area contributed by atoms with Crippen LogP contribution in [0.3, 0.4) is 0 Å². The van der Waals surface area contributed by atoms with E-state index in [1.165, 1.54) is 24.4 Å². The quantitative estimate of drug-likeness (QED) is 0.485. The second-order valence-corrected chi connectivity index (χ2v) is 7.65. The summed E-state index contributed by atoms with van der Waals surface area (Å²) < 4.78 is 28.9. The van der Waals surface area contributed by atoms with Crippen molar-refractivity contribution in [2.45, 2.75) is 26.8 Å². The van der Waals surface area contributed by atoms with E-state index in [0.717, 1.165) is 16.8 Å². The van der Waals surface area contributed by atoms with Crippen LogP contribution in [0.4, 0.5) is 8.78 Å². The van der Waals surface area contributed by atoms with Crippen LogP contribution in [-0.2, 0) is 13.0 Å². The van der Waals surface area contributed by atoms with Crippen molar-refractivity contribution >= 4 is 23.2 Å². The van der Waals surface area contributed by atoms with E-state index in [2.05, 4.69) is 15.4 Å². The Kier molecular flexibility index (Phi) is 5.69. The molecular formula is C23H19ClF2N4O. The Hall–Kier alpha value is -3.32. The monoisotopic (exact) mass is 440 g/mol. The maximum atomic E-state index is 14.3. The minimum Gasteiger partial charge on any atom is -0.348 e. The van der Waals surface area contributed by atoms with Crippen LogP contribution in [-0.4, -0.2) is 20.5 Å². The molecule has 158 valence electrons. The van der Waals surface area contributed by atoms with Crippen LogP contribution in [0, 0.1) is 25.5 Å². The third-order valence-electron chi connectivity index (χ3n) is 5.23. The van der Waals surface area contributed by atoms with E-state index in [4.69, 9.17) is 11.6 Å². The molecule has 31 heavy (non-hydrogen) atoms. The molecule has 0 atom stereocenters. The maximum absolute atomic E-state index is 14.3. The summed E-state index contributed by atoms with van der Waals surface area (Å²) in [5, 5.41) is 7.46. The number of aromatic nitrogens is 3. The van der Waals surface area contributed by atoms with Crippen LogP contribution in [0.2, 0.25) is 5.02 Å². The summed E-state index contributed by atoms with van der Waals surface area (Å²) in [6.45, 7) is 3.90. The lowest BCUT2D eigenvalue weighted by Gasteiger charge is -2.13. The molecule has 2 heterocycles. The van der Waals surface area contributed by atoms with Crippen molar-refractivity contribution < 1.29 is 13.6 Å². The van der Waals surface area contributed by atoms with Crippen molar-refractivity contribution in [3.05, 3.63) is 99.0 Å². The number of halogens is 3. The lowest BCUT2D eigenvalue weighted by Crippen LogP contribution is -2.23. The number of hydrogen-bond donors (Lipinski definition) is 1. The normalized spacial score (nSPS) is 11.1. The van der Waals surface area contributed by atoms with Crippen molar-refractivity contribution in [1.29, 1.82) is 0 Å². The molecule has 4 aromatic rings. The Bertz CT molecular complexity index is 1260. The molecule has 4 rings (SSSR count). The fourth-order valence-electron chi connectivity index (χ4n) is 3.48. The van der Waals surface area contributed by atoms with Crippen molar-refractivity contribution in [2.75, 3.05) is 0 Å². The number of amides is 1. The summed E-state index contributed by atoms with van der Waals surface area (Å²) in [5.41, 5.74) is 4.10. The number of aryl methyl sites for hydroxylation is 2. The number of benzene rings is 2. The summed E-state index contributed by atoms with van der Waals surface area (Å²) in [6.07, 6.45) is 1.71. The Morgan fingerprint density at radius 1 is 1.10 bits per heavy atom. The van der Waals surface area contributed by atoms with Crippen LogP contribution in [0.15, 0.2) is 48.7 Å². The highest BCUT2D eigenvalue weighted by molar-refractivity contribution is 6.31. The zero-order chi connectivity index (χ0) is 22.1. The molecule has 0 fully saturated rings. The molecule has 1 N–H and O–H groups in total. The fraction of sp³-hybridized carbons (Fsp3) is 0.174. The highest BCUT2D eigenvalue weighted by atomic mass is 35.5. The van der Waals surface area contributed by atoms with E-state index in [9.17, 15) is 13.6 Å². The SMILES string of the molecule is Cc1nc2c(C(=O)NCc3ccc(F)cc3)cnn2c(C)c1Cc1c(F)cccc1Cl. The van der Waals surface area contributed by atoms with Gasteiger partial charge >= 0.3 is 0 Å². The van der Waals surface area contributed by atoms with Crippen LogP contribution in [0.25, 0.3) is 5.65 Å². The van der Waals surface area contributed by atoms with Gasteiger partial charge in [0.1, 0.15) is 17.2 Å². The summed E-state index contributed by atoms with van der Waals surface area (Å²) in [6, 6.07) is 10.5. The van der Waals surface area contributed by atoms with E-state index in [0.29, 0.717) is 27.5 Å². The Morgan fingerprint density at radius 2 is 1.84 bits per heavy atom. The number of hydrogen-bond acceptors (Lipinski definition) is 3. The lowest BCUT2D eigenvalue weighted by atomic mass is 10.0. The number of rotatable bonds is 5. The van der Waals surface area contributed by atoms with Crippen LogP contribution in [0.5, 0.6) is 0 Å². The predicted molar refractivity (Wildman–Crippen MR) is 114 cm³/mol. The van der Waals surface area contributed by atoms with Crippen molar-refractivity contribution in [1.82, 2.24) is 19.9 Å². The molecule has 0 spiro atoms. The summed E-state index contributed by atoms with van der Waals surface area (Å²) in [5.74, 6) is -1.05. The average molecular weight is 441 g/mol. The van der Waals surface area contributed by atoms with Gasteiger partial charge in [0.2, 0.25) is 0 Å². The molecule has 0 aliphatic carbocycles. The molecule has 0 radical (unpaired) electrons. The van der Waals surface area contributed by atoms with Gasteiger partial charge in [0, 0.05) is 34.9 Å². The molecule has 0 saturated carbocycles. The maximum Gasteiger partial charge on any atom is 0.257 e.